The maximum Gasteiger partial charge on any atom is 0.332 e. The van der Waals surface area contributed by atoms with E-state index < -0.39 is 11.5 Å². The van der Waals surface area contributed by atoms with Crippen molar-refractivity contribution in [3.63, 3.8) is 0 Å². The van der Waals surface area contributed by atoms with Crippen LogP contribution < -0.4 is 10.2 Å². The lowest BCUT2D eigenvalue weighted by atomic mass is 9.72. The van der Waals surface area contributed by atoms with Crippen molar-refractivity contribution in [2.24, 2.45) is 5.92 Å². The van der Waals surface area contributed by atoms with Crippen LogP contribution in [0.3, 0.4) is 0 Å². The molecule has 0 amide bonds. The molecule has 1 aromatic rings. The number of piperazine rings is 1. The number of Topliss-reactive ketones (excluding diaryl/α,β-unsaturated/α-hetero) is 1. The van der Waals surface area contributed by atoms with Crippen molar-refractivity contribution >= 4 is 17.4 Å². The highest BCUT2D eigenvalue weighted by Crippen LogP contribution is 2.36. The monoisotopic (exact) mass is 388 g/mol. The normalized spacial score (nSPS) is 21.2. The van der Waals surface area contributed by atoms with Crippen molar-refractivity contribution in [3.8, 4) is 0 Å². The molecular weight excluding hydrogens is 356 g/mol. The molecule has 3 heterocycles. The van der Waals surface area contributed by atoms with E-state index >= 15 is 0 Å². The number of aliphatic carboxylic acids is 1. The Balaban J connectivity index is 1.84. The molecule has 154 valence electrons. The highest BCUT2D eigenvalue weighted by molar-refractivity contribution is 6.08. The molecule has 1 aromatic heterocycles. The summed E-state index contributed by atoms with van der Waals surface area (Å²) in [5.41, 5.74) is -0.295. The van der Waals surface area contributed by atoms with Crippen molar-refractivity contribution < 1.29 is 14.7 Å². The molecule has 2 saturated heterocycles. The predicted octanol–water partition coefficient (Wildman–Crippen LogP) is 1.79. The fourth-order valence-electron chi connectivity index (χ4n) is 4.73. The van der Waals surface area contributed by atoms with Gasteiger partial charge < -0.3 is 15.3 Å². The van der Waals surface area contributed by atoms with Crippen molar-refractivity contribution in [2.75, 3.05) is 44.2 Å². The zero-order valence-corrected chi connectivity index (χ0v) is 16.8. The summed E-state index contributed by atoms with van der Waals surface area (Å²) in [5, 5.41) is 13.7. The first-order valence-corrected chi connectivity index (χ1v) is 10.5. The van der Waals surface area contributed by atoms with Crippen molar-refractivity contribution in [3.05, 3.63) is 24.5 Å². The van der Waals surface area contributed by atoms with Crippen LogP contribution in [0.2, 0.25) is 0 Å². The number of nitrogens with one attached hydrogen (secondary N) is 1. The summed E-state index contributed by atoms with van der Waals surface area (Å²) in [6.45, 7) is 6.17. The van der Waals surface area contributed by atoms with Crippen LogP contribution in [0.4, 0.5) is 5.69 Å². The molecule has 28 heavy (non-hydrogen) atoms. The summed E-state index contributed by atoms with van der Waals surface area (Å²) in [6, 6.07) is 3.94. The fraction of sp³-hybridized carbons (Fsp3) is 0.667. The predicted molar refractivity (Wildman–Crippen MR) is 109 cm³/mol. The number of nitrogens with zero attached hydrogens (tertiary/aromatic N) is 3. The third kappa shape index (κ3) is 4.05. The maximum atomic E-state index is 13.4. The first-order chi connectivity index (χ1) is 13.6. The Labute approximate surface area is 167 Å². The molecule has 0 aliphatic carbocycles. The standard InChI is InChI=1S/C21H32N4O3/c1-2-3-4-19(26)21(20(27)28,17-5-9-22-10-6-17)25-15-13-24(14-16-25)18-7-11-23-12-8-18/h7-8,11-12,17,22H,2-6,9-10,13-16H2,1H3,(H,27,28). The molecule has 2 aliphatic rings. The summed E-state index contributed by atoms with van der Waals surface area (Å²) in [7, 11) is 0. The van der Waals surface area contributed by atoms with Crippen molar-refractivity contribution in [1.29, 1.82) is 0 Å². The second kappa shape index (κ2) is 9.47. The third-order valence-electron chi connectivity index (χ3n) is 6.24. The number of aromatic nitrogens is 1. The number of piperidine rings is 1. The molecule has 0 bridgehead atoms. The van der Waals surface area contributed by atoms with Gasteiger partial charge in [0.2, 0.25) is 0 Å². The topological polar surface area (TPSA) is 85.8 Å². The van der Waals surface area contributed by atoms with Gasteiger partial charge in [0.25, 0.3) is 0 Å². The molecule has 1 atom stereocenters. The average molecular weight is 389 g/mol. The van der Waals surface area contributed by atoms with Gasteiger partial charge in [-0.3, -0.25) is 14.7 Å². The molecule has 1 unspecified atom stereocenters. The molecule has 2 N–H and O–H groups in total. The Morgan fingerprint density at radius 2 is 1.82 bits per heavy atom. The largest absolute Gasteiger partial charge is 0.480 e. The van der Waals surface area contributed by atoms with Gasteiger partial charge >= 0.3 is 5.97 Å². The second-order valence-corrected chi connectivity index (χ2v) is 7.80. The lowest BCUT2D eigenvalue weighted by molar-refractivity contribution is -0.164. The van der Waals surface area contributed by atoms with Crippen LogP contribution >= 0.6 is 0 Å². The number of carbonyl (C=O) groups is 2. The van der Waals surface area contributed by atoms with E-state index in [2.05, 4.69) is 15.2 Å². The number of carboxylic acids is 1. The smallest absolute Gasteiger partial charge is 0.332 e. The minimum absolute atomic E-state index is 0.105. The van der Waals surface area contributed by atoms with Gasteiger partial charge in [-0.25, -0.2) is 4.79 Å². The maximum absolute atomic E-state index is 13.4. The fourth-order valence-corrected chi connectivity index (χ4v) is 4.73. The van der Waals surface area contributed by atoms with Gasteiger partial charge in [-0.15, -0.1) is 0 Å². The zero-order chi connectivity index (χ0) is 20.0. The number of hydrogen-bond donors (Lipinski definition) is 2. The highest BCUT2D eigenvalue weighted by atomic mass is 16.4. The molecule has 7 heteroatoms. The number of unbranched alkanes of at least 4 members (excludes halogenated alkanes) is 1. The van der Waals surface area contributed by atoms with E-state index in [4.69, 9.17) is 0 Å². The summed E-state index contributed by atoms with van der Waals surface area (Å²) in [5.74, 6) is -1.20. The number of anilines is 1. The van der Waals surface area contributed by atoms with E-state index in [9.17, 15) is 14.7 Å². The zero-order valence-electron chi connectivity index (χ0n) is 16.8. The summed E-state index contributed by atoms with van der Waals surface area (Å²) >= 11 is 0. The first kappa shape index (κ1) is 20.7. The molecule has 2 aliphatic heterocycles. The lowest BCUT2D eigenvalue weighted by Gasteiger charge is -2.49. The molecule has 2 fully saturated rings. The summed E-state index contributed by atoms with van der Waals surface area (Å²) in [4.78, 5) is 34.3. The van der Waals surface area contributed by atoms with Crippen LogP contribution in [-0.2, 0) is 9.59 Å². The molecule has 3 rings (SSSR count). The van der Waals surface area contributed by atoms with Crippen molar-refractivity contribution in [1.82, 2.24) is 15.2 Å². The SMILES string of the molecule is CCCCC(=O)C(C(=O)O)(C1CCNCC1)N1CCN(c2ccncc2)CC1. The minimum atomic E-state index is -1.39. The average Bonchev–Trinajstić information content (AvgIpc) is 2.74. The van der Waals surface area contributed by atoms with Gasteiger partial charge in [-0.05, 0) is 50.4 Å². The van der Waals surface area contributed by atoms with Crippen LogP contribution in [0.25, 0.3) is 0 Å². The van der Waals surface area contributed by atoms with E-state index in [-0.39, 0.29) is 11.7 Å². The van der Waals surface area contributed by atoms with Gasteiger partial charge in [-0.2, -0.15) is 0 Å². The Hall–Kier alpha value is -1.99. The molecule has 0 saturated carbocycles. The first-order valence-electron chi connectivity index (χ1n) is 10.5. The second-order valence-electron chi connectivity index (χ2n) is 7.80. The van der Waals surface area contributed by atoms with Gasteiger partial charge in [0.05, 0.1) is 0 Å². The van der Waals surface area contributed by atoms with Gasteiger partial charge in [0.15, 0.2) is 11.3 Å². The number of carbonyl (C=O) groups excluding carboxylic acids is 1. The number of rotatable bonds is 8. The molecule has 7 nitrogen and oxygen atoms in total. The van der Waals surface area contributed by atoms with Crippen LogP contribution in [0.15, 0.2) is 24.5 Å². The van der Waals surface area contributed by atoms with E-state index in [1.807, 2.05) is 24.0 Å². The molecule has 0 aromatic carbocycles. The quantitative estimate of drug-likeness (QED) is 0.657. The van der Waals surface area contributed by atoms with Crippen LogP contribution in [0.5, 0.6) is 0 Å². The summed E-state index contributed by atoms with van der Waals surface area (Å²) in [6.07, 6.45) is 6.99. The van der Waals surface area contributed by atoms with Gasteiger partial charge in [-0.1, -0.05) is 13.3 Å². The number of hydrogen-bond acceptors (Lipinski definition) is 6. The Bertz CT molecular complexity index is 655. The molecule has 0 spiro atoms. The number of pyridine rings is 1. The van der Waals surface area contributed by atoms with Crippen LogP contribution in [0, 0.1) is 5.92 Å². The Morgan fingerprint density at radius 1 is 1.18 bits per heavy atom. The lowest BCUT2D eigenvalue weighted by Crippen LogP contribution is -2.69. The third-order valence-corrected chi connectivity index (χ3v) is 6.24. The van der Waals surface area contributed by atoms with Gasteiger partial charge in [0, 0.05) is 50.7 Å². The van der Waals surface area contributed by atoms with Gasteiger partial charge in [0.1, 0.15) is 0 Å². The van der Waals surface area contributed by atoms with E-state index in [0.717, 1.165) is 44.5 Å². The van der Waals surface area contributed by atoms with E-state index in [0.29, 0.717) is 32.6 Å². The summed E-state index contributed by atoms with van der Waals surface area (Å²) < 4.78 is 0. The Kier molecular flexibility index (Phi) is 7.02. The van der Waals surface area contributed by atoms with E-state index in [1.54, 1.807) is 12.4 Å². The number of carboxylic acid groups (broad SMARTS) is 1. The van der Waals surface area contributed by atoms with E-state index in [1.165, 1.54) is 0 Å². The van der Waals surface area contributed by atoms with Crippen LogP contribution in [0.1, 0.15) is 39.0 Å². The molecule has 0 radical (unpaired) electrons. The minimum Gasteiger partial charge on any atom is -0.480 e. The van der Waals surface area contributed by atoms with Crippen LogP contribution in [-0.4, -0.2) is 71.6 Å². The Morgan fingerprint density at radius 3 is 2.39 bits per heavy atom. The molecular formula is C21H32N4O3. The number of ketones is 1. The van der Waals surface area contributed by atoms with Crippen molar-refractivity contribution in [2.45, 2.75) is 44.6 Å². The highest BCUT2D eigenvalue weighted by Gasteiger charge is 2.56.